The van der Waals surface area contributed by atoms with Crippen LogP contribution >= 0.6 is 0 Å². The number of hydrogen-bond donors (Lipinski definition) is 1. The highest BCUT2D eigenvalue weighted by Crippen LogP contribution is 2.20. The monoisotopic (exact) mass is 365 g/mol. The molecule has 1 atom stereocenters. The standard InChI is InChI=1S/C21H23N3O3/c1-3-18(15-8-10-16(27-2)11-9-15)23-20(25)12-13-24-14-22-19-7-5-4-6-17(19)21(24)26/h4-11,14,18H,3,12-13H2,1-2H3,(H,23,25). The van der Waals surface area contributed by atoms with Gasteiger partial charge < -0.3 is 10.1 Å². The number of para-hydroxylation sites is 1. The Morgan fingerprint density at radius 2 is 1.93 bits per heavy atom. The number of carbonyl (C=O) groups excluding carboxylic acids is 1. The minimum atomic E-state index is -0.129. The maximum Gasteiger partial charge on any atom is 0.261 e. The van der Waals surface area contributed by atoms with Gasteiger partial charge in [0.25, 0.3) is 5.56 Å². The van der Waals surface area contributed by atoms with Crippen LogP contribution in [0.4, 0.5) is 0 Å². The average molecular weight is 365 g/mol. The zero-order valence-corrected chi connectivity index (χ0v) is 15.5. The second kappa shape index (κ2) is 8.49. The normalized spacial score (nSPS) is 11.9. The van der Waals surface area contributed by atoms with Crippen molar-refractivity contribution >= 4 is 16.8 Å². The molecule has 1 heterocycles. The van der Waals surface area contributed by atoms with Gasteiger partial charge in [-0.15, -0.1) is 0 Å². The van der Waals surface area contributed by atoms with Crippen LogP contribution in [0.1, 0.15) is 31.4 Å². The average Bonchev–Trinajstić information content (AvgIpc) is 2.72. The van der Waals surface area contributed by atoms with Crippen molar-refractivity contribution in [1.82, 2.24) is 14.9 Å². The molecular weight excluding hydrogens is 342 g/mol. The molecule has 0 fully saturated rings. The van der Waals surface area contributed by atoms with E-state index in [2.05, 4.69) is 10.3 Å². The molecule has 0 aliphatic heterocycles. The van der Waals surface area contributed by atoms with Crippen LogP contribution in [0.3, 0.4) is 0 Å². The first-order chi connectivity index (χ1) is 13.1. The molecule has 6 nitrogen and oxygen atoms in total. The molecule has 0 saturated carbocycles. The van der Waals surface area contributed by atoms with Crippen molar-refractivity contribution in [3.05, 3.63) is 70.8 Å². The fourth-order valence-electron chi connectivity index (χ4n) is 3.01. The summed E-state index contributed by atoms with van der Waals surface area (Å²) in [6, 6.07) is 14.8. The van der Waals surface area contributed by atoms with Gasteiger partial charge in [-0.25, -0.2) is 4.98 Å². The first kappa shape index (κ1) is 18.6. The topological polar surface area (TPSA) is 73.2 Å². The third kappa shape index (κ3) is 4.34. The first-order valence-electron chi connectivity index (χ1n) is 9.00. The summed E-state index contributed by atoms with van der Waals surface area (Å²) < 4.78 is 6.65. The Kier molecular flexibility index (Phi) is 5.86. The number of rotatable bonds is 7. The Labute approximate surface area is 157 Å². The summed E-state index contributed by atoms with van der Waals surface area (Å²) in [7, 11) is 1.62. The lowest BCUT2D eigenvalue weighted by atomic mass is 10.0. The number of methoxy groups -OCH3 is 1. The number of nitrogens with zero attached hydrogens (tertiary/aromatic N) is 2. The number of amides is 1. The summed E-state index contributed by atoms with van der Waals surface area (Å²) in [4.78, 5) is 29.1. The Balaban J connectivity index is 1.64. The van der Waals surface area contributed by atoms with E-state index in [9.17, 15) is 9.59 Å². The minimum Gasteiger partial charge on any atom is -0.497 e. The van der Waals surface area contributed by atoms with Crippen molar-refractivity contribution in [3.8, 4) is 5.75 Å². The molecule has 0 radical (unpaired) electrons. The van der Waals surface area contributed by atoms with Crippen molar-refractivity contribution in [1.29, 1.82) is 0 Å². The van der Waals surface area contributed by atoms with E-state index in [0.29, 0.717) is 17.4 Å². The lowest BCUT2D eigenvalue weighted by Crippen LogP contribution is -2.30. The molecule has 3 aromatic rings. The largest absolute Gasteiger partial charge is 0.497 e. The van der Waals surface area contributed by atoms with Gasteiger partial charge in [0.05, 0.1) is 30.4 Å². The van der Waals surface area contributed by atoms with Gasteiger partial charge in [0.1, 0.15) is 5.75 Å². The maximum atomic E-state index is 12.5. The van der Waals surface area contributed by atoms with Crippen LogP contribution in [-0.4, -0.2) is 22.6 Å². The van der Waals surface area contributed by atoms with E-state index in [-0.39, 0.29) is 23.9 Å². The third-order valence-electron chi connectivity index (χ3n) is 4.57. The van der Waals surface area contributed by atoms with E-state index in [4.69, 9.17) is 4.74 Å². The fraction of sp³-hybridized carbons (Fsp3) is 0.286. The number of fused-ring (bicyclic) bond motifs is 1. The van der Waals surface area contributed by atoms with Gasteiger partial charge in [-0.05, 0) is 36.2 Å². The van der Waals surface area contributed by atoms with E-state index in [0.717, 1.165) is 17.7 Å². The number of benzene rings is 2. The summed E-state index contributed by atoms with van der Waals surface area (Å²) in [5.41, 5.74) is 1.56. The zero-order valence-electron chi connectivity index (χ0n) is 15.5. The molecule has 1 unspecified atom stereocenters. The molecule has 1 N–H and O–H groups in total. The summed E-state index contributed by atoms with van der Waals surface area (Å²) >= 11 is 0. The molecule has 0 bridgehead atoms. The smallest absolute Gasteiger partial charge is 0.261 e. The fourth-order valence-corrected chi connectivity index (χ4v) is 3.01. The van der Waals surface area contributed by atoms with Crippen molar-refractivity contribution in [3.63, 3.8) is 0 Å². The number of aryl methyl sites for hydroxylation is 1. The summed E-state index contributed by atoms with van der Waals surface area (Å²) in [5.74, 6) is 0.681. The second-order valence-corrected chi connectivity index (χ2v) is 6.31. The van der Waals surface area contributed by atoms with Crippen LogP contribution in [0.2, 0.25) is 0 Å². The van der Waals surface area contributed by atoms with Crippen LogP contribution in [-0.2, 0) is 11.3 Å². The Bertz CT molecular complexity index is 980. The summed E-state index contributed by atoms with van der Waals surface area (Å²) in [5, 5.41) is 3.59. The Morgan fingerprint density at radius 3 is 2.63 bits per heavy atom. The lowest BCUT2D eigenvalue weighted by molar-refractivity contribution is -0.122. The van der Waals surface area contributed by atoms with Crippen molar-refractivity contribution < 1.29 is 9.53 Å². The van der Waals surface area contributed by atoms with E-state index in [1.54, 1.807) is 19.2 Å². The predicted octanol–water partition coefficient (Wildman–Crippen LogP) is 3.06. The van der Waals surface area contributed by atoms with Gasteiger partial charge in [-0.2, -0.15) is 0 Å². The molecule has 0 aliphatic carbocycles. The van der Waals surface area contributed by atoms with E-state index >= 15 is 0 Å². The molecule has 0 spiro atoms. The number of hydrogen-bond acceptors (Lipinski definition) is 4. The number of carbonyl (C=O) groups is 1. The Hall–Kier alpha value is -3.15. The maximum absolute atomic E-state index is 12.5. The zero-order chi connectivity index (χ0) is 19.2. The first-order valence-corrected chi connectivity index (χ1v) is 9.00. The van der Waals surface area contributed by atoms with Gasteiger partial charge >= 0.3 is 0 Å². The molecule has 2 aromatic carbocycles. The highest BCUT2D eigenvalue weighted by atomic mass is 16.5. The number of nitrogens with one attached hydrogen (secondary N) is 1. The van der Waals surface area contributed by atoms with Gasteiger partial charge in [-0.1, -0.05) is 31.2 Å². The predicted molar refractivity (Wildman–Crippen MR) is 105 cm³/mol. The Morgan fingerprint density at radius 1 is 1.19 bits per heavy atom. The van der Waals surface area contributed by atoms with Gasteiger partial charge in [0.2, 0.25) is 5.91 Å². The van der Waals surface area contributed by atoms with Gasteiger partial charge in [0, 0.05) is 13.0 Å². The molecule has 0 aliphatic rings. The van der Waals surface area contributed by atoms with Crippen LogP contribution < -0.4 is 15.6 Å². The minimum absolute atomic E-state index is 0.0742. The van der Waals surface area contributed by atoms with Crippen LogP contribution in [0.5, 0.6) is 5.75 Å². The second-order valence-electron chi connectivity index (χ2n) is 6.31. The lowest BCUT2D eigenvalue weighted by Gasteiger charge is -2.18. The van der Waals surface area contributed by atoms with Crippen LogP contribution in [0.15, 0.2) is 59.7 Å². The quantitative estimate of drug-likeness (QED) is 0.698. The van der Waals surface area contributed by atoms with Crippen LogP contribution in [0, 0.1) is 0 Å². The highest BCUT2D eigenvalue weighted by Gasteiger charge is 2.13. The molecular formula is C21H23N3O3. The third-order valence-corrected chi connectivity index (χ3v) is 4.57. The summed E-state index contributed by atoms with van der Waals surface area (Å²) in [6.07, 6.45) is 2.49. The van der Waals surface area contributed by atoms with Crippen molar-refractivity contribution in [2.75, 3.05) is 7.11 Å². The van der Waals surface area contributed by atoms with Gasteiger partial charge in [-0.3, -0.25) is 14.2 Å². The molecule has 1 amide bonds. The highest BCUT2D eigenvalue weighted by molar-refractivity contribution is 5.77. The van der Waals surface area contributed by atoms with Crippen molar-refractivity contribution in [2.24, 2.45) is 0 Å². The summed E-state index contributed by atoms with van der Waals surface area (Å²) in [6.45, 7) is 2.31. The number of aromatic nitrogens is 2. The number of ether oxygens (including phenoxy) is 1. The van der Waals surface area contributed by atoms with E-state index in [1.165, 1.54) is 10.9 Å². The SMILES string of the molecule is CCC(NC(=O)CCn1cnc2ccccc2c1=O)c1ccc(OC)cc1. The molecule has 0 saturated heterocycles. The molecule has 1 aromatic heterocycles. The molecule has 6 heteroatoms. The molecule has 3 rings (SSSR count). The van der Waals surface area contributed by atoms with Crippen LogP contribution in [0.25, 0.3) is 10.9 Å². The molecule has 140 valence electrons. The van der Waals surface area contributed by atoms with E-state index in [1.807, 2.05) is 43.3 Å². The van der Waals surface area contributed by atoms with E-state index < -0.39 is 0 Å². The molecule has 27 heavy (non-hydrogen) atoms. The van der Waals surface area contributed by atoms with Gasteiger partial charge in [0.15, 0.2) is 0 Å². The van der Waals surface area contributed by atoms with Crippen molar-refractivity contribution in [2.45, 2.75) is 32.4 Å².